The molecule has 2 aromatic carbocycles. The van der Waals surface area contributed by atoms with Crippen molar-refractivity contribution in [1.29, 1.82) is 0 Å². The fourth-order valence-electron chi connectivity index (χ4n) is 3.68. The third kappa shape index (κ3) is 2.68. The van der Waals surface area contributed by atoms with E-state index < -0.39 is 0 Å². The summed E-state index contributed by atoms with van der Waals surface area (Å²) in [4.78, 5) is 2.42. The van der Waals surface area contributed by atoms with Crippen LogP contribution in [0.1, 0.15) is 35.1 Å². The van der Waals surface area contributed by atoms with E-state index >= 15 is 0 Å². The van der Waals surface area contributed by atoms with Crippen molar-refractivity contribution in [3.05, 3.63) is 70.3 Å². The Kier molecular flexibility index (Phi) is 3.70. The average molecular weight is 305 g/mol. The number of aryl methyl sites for hydroxylation is 1. The Morgan fingerprint density at radius 1 is 0.957 bits per heavy atom. The number of likely N-dealkylation sites (tertiary alicyclic amines) is 1. The molecule has 0 aromatic heterocycles. The highest BCUT2D eigenvalue weighted by atomic mass is 16.5. The van der Waals surface area contributed by atoms with Gasteiger partial charge < -0.3 is 9.64 Å². The van der Waals surface area contributed by atoms with E-state index in [1.165, 1.54) is 27.8 Å². The van der Waals surface area contributed by atoms with E-state index in [9.17, 15) is 0 Å². The first-order valence-corrected chi connectivity index (χ1v) is 8.45. The van der Waals surface area contributed by atoms with Crippen LogP contribution in [0.4, 0.5) is 0 Å². The van der Waals surface area contributed by atoms with Gasteiger partial charge in [-0.2, -0.15) is 0 Å². The van der Waals surface area contributed by atoms with Crippen molar-refractivity contribution in [2.75, 3.05) is 20.1 Å². The molecule has 2 aromatic rings. The maximum Gasteiger partial charge on any atom is 0.127 e. The van der Waals surface area contributed by atoms with Crippen LogP contribution in [-0.4, -0.2) is 25.0 Å². The van der Waals surface area contributed by atoms with Gasteiger partial charge in [0.15, 0.2) is 0 Å². The Hall–Kier alpha value is -2.06. The highest BCUT2D eigenvalue weighted by Crippen LogP contribution is 2.41. The smallest absolute Gasteiger partial charge is 0.127 e. The minimum atomic E-state index is 0.656. The van der Waals surface area contributed by atoms with Crippen molar-refractivity contribution in [2.24, 2.45) is 0 Å². The quantitative estimate of drug-likeness (QED) is 0.714. The number of hydrogen-bond donors (Lipinski definition) is 0. The van der Waals surface area contributed by atoms with Crippen LogP contribution < -0.4 is 4.74 Å². The summed E-state index contributed by atoms with van der Waals surface area (Å²) in [5, 5.41) is 0. The average Bonchev–Trinajstić information content (AvgIpc) is 2.72. The summed E-state index contributed by atoms with van der Waals surface area (Å²) in [6.07, 6.45) is 2.29. The van der Waals surface area contributed by atoms with Crippen LogP contribution >= 0.6 is 0 Å². The second kappa shape index (κ2) is 5.86. The Morgan fingerprint density at radius 3 is 2.57 bits per heavy atom. The van der Waals surface area contributed by atoms with Crippen molar-refractivity contribution < 1.29 is 4.74 Å². The second-order valence-corrected chi connectivity index (χ2v) is 6.73. The number of benzene rings is 2. The fraction of sp³-hybridized carbons (Fsp3) is 0.333. The van der Waals surface area contributed by atoms with E-state index in [1.54, 1.807) is 5.57 Å². The third-order valence-electron chi connectivity index (χ3n) is 5.02. The number of hydrogen-bond acceptors (Lipinski definition) is 2. The molecule has 4 rings (SSSR count). The van der Waals surface area contributed by atoms with Crippen LogP contribution in [0.25, 0.3) is 5.57 Å². The van der Waals surface area contributed by atoms with Gasteiger partial charge in [0.05, 0.1) is 0 Å². The van der Waals surface area contributed by atoms with Gasteiger partial charge in [-0.25, -0.2) is 0 Å². The maximum absolute atomic E-state index is 6.13. The first-order chi connectivity index (χ1) is 11.2. The lowest BCUT2D eigenvalue weighted by Crippen LogP contribution is -2.27. The van der Waals surface area contributed by atoms with Gasteiger partial charge in [-0.15, -0.1) is 0 Å². The van der Waals surface area contributed by atoms with Crippen molar-refractivity contribution in [3.63, 3.8) is 0 Å². The molecular weight excluding hydrogens is 282 g/mol. The number of fused-ring (bicyclic) bond motifs is 2. The maximum atomic E-state index is 6.13. The van der Waals surface area contributed by atoms with Crippen molar-refractivity contribution in [1.82, 2.24) is 4.90 Å². The van der Waals surface area contributed by atoms with Gasteiger partial charge in [-0.05, 0) is 55.6 Å². The van der Waals surface area contributed by atoms with Crippen molar-refractivity contribution in [2.45, 2.75) is 26.4 Å². The van der Waals surface area contributed by atoms with Crippen molar-refractivity contribution >= 4 is 5.57 Å². The molecule has 2 nitrogen and oxygen atoms in total. The largest absolute Gasteiger partial charge is 0.488 e. The lowest BCUT2D eigenvalue weighted by molar-refractivity contribution is 0.307. The summed E-state index contributed by atoms with van der Waals surface area (Å²) in [5.41, 5.74) is 8.21. The van der Waals surface area contributed by atoms with Crippen LogP contribution in [0.2, 0.25) is 0 Å². The molecule has 0 atom stereocenters. The first kappa shape index (κ1) is 14.5. The van der Waals surface area contributed by atoms with E-state index in [0.717, 1.165) is 31.7 Å². The van der Waals surface area contributed by atoms with Gasteiger partial charge in [0, 0.05) is 18.7 Å². The zero-order chi connectivity index (χ0) is 15.8. The Labute approximate surface area is 138 Å². The predicted octanol–water partition coefficient (Wildman–Crippen LogP) is 4.41. The molecule has 0 saturated carbocycles. The molecule has 1 fully saturated rings. The monoisotopic (exact) mass is 305 g/mol. The summed E-state index contributed by atoms with van der Waals surface area (Å²) in [6.45, 7) is 5.10. The van der Waals surface area contributed by atoms with E-state index in [0.29, 0.717) is 6.61 Å². The Morgan fingerprint density at radius 2 is 1.74 bits per heavy atom. The third-order valence-corrected chi connectivity index (χ3v) is 5.02. The molecule has 2 heteroatoms. The van der Waals surface area contributed by atoms with E-state index in [1.807, 2.05) is 0 Å². The first-order valence-electron chi connectivity index (χ1n) is 8.45. The van der Waals surface area contributed by atoms with Gasteiger partial charge in [0.2, 0.25) is 0 Å². The Bertz CT molecular complexity index is 765. The van der Waals surface area contributed by atoms with Gasteiger partial charge in [0.1, 0.15) is 12.4 Å². The number of ether oxygens (including phenoxy) is 1. The zero-order valence-electron chi connectivity index (χ0n) is 13.9. The minimum Gasteiger partial charge on any atom is -0.488 e. The lowest BCUT2D eigenvalue weighted by atomic mass is 9.86. The molecule has 2 heterocycles. The molecule has 0 spiro atoms. The molecule has 2 aliphatic heterocycles. The topological polar surface area (TPSA) is 12.5 Å². The zero-order valence-corrected chi connectivity index (χ0v) is 13.9. The summed E-state index contributed by atoms with van der Waals surface area (Å²) in [5.74, 6) is 1.02. The molecular formula is C21H23NO. The predicted molar refractivity (Wildman–Crippen MR) is 94.7 cm³/mol. The molecule has 0 aliphatic carbocycles. The fourth-order valence-corrected chi connectivity index (χ4v) is 3.68. The summed E-state index contributed by atoms with van der Waals surface area (Å²) in [7, 11) is 2.21. The molecule has 0 unspecified atom stereocenters. The normalized spacial score (nSPS) is 18.0. The summed E-state index contributed by atoms with van der Waals surface area (Å²) >= 11 is 0. The molecule has 2 aliphatic rings. The van der Waals surface area contributed by atoms with E-state index in [-0.39, 0.29) is 0 Å². The Balaban J connectivity index is 1.95. The van der Waals surface area contributed by atoms with Crippen LogP contribution in [0.5, 0.6) is 5.75 Å². The molecule has 0 bridgehead atoms. The minimum absolute atomic E-state index is 0.656. The molecule has 118 valence electrons. The molecule has 1 saturated heterocycles. The van der Waals surface area contributed by atoms with Gasteiger partial charge in [-0.1, -0.05) is 41.5 Å². The molecule has 0 amide bonds. The van der Waals surface area contributed by atoms with Crippen LogP contribution in [-0.2, 0) is 6.61 Å². The SMILES string of the molecule is Cc1ccc2c(c1)C(=C1CCN(C)CC1)c1ccccc1CO2. The standard InChI is InChI=1S/C21H23NO/c1-15-7-8-20-19(13-15)21(16-9-11-22(2)12-10-16)18-6-4-3-5-17(18)14-23-20/h3-8,13H,9-12,14H2,1-2H3. The highest BCUT2D eigenvalue weighted by molar-refractivity contribution is 5.87. The summed E-state index contributed by atoms with van der Waals surface area (Å²) in [6, 6.07) is 15.3. The van der Waals surface area contributed by atoms with Gasteiger partial charge in [0.25, 0.3) is 0 Å². The second-order valence-electron chi connectivity index (χ2n) is 6.73. The highest BCUT2D eigenvalue weighted by Gasteiger charge is 2.23. The molecule has 0 radical (unpaired) electrons. The van der Waals surface area contributed by atoms with Gasteiger partial charge >= 0.3 is 0 Å². The van der Waals surface area contributed by atoms with E-state index in [2.05, 4.69) is 61.3 Å². The number of nitrogens with zero attached hydrogens (tertiary/aromatic N) is 1. The molecule has 0 N–H and O–H groups in total. The van der Waals surface area contributed by atoms with E-state index in [4.69, 9.17) is 4.74 Å². The molecule has 23 heavy (non-hydrogen) atoms. The number of rotatable bonds is 0. The summed E-state index contributed by atoms with van der Waals surface area (Å²) < 4.78 is 6.13. The lowest BCUT2D eigenvalue weighted by Gasteiger charge is -2.27. The van der Waals surface area contributed by atoms with Gasteiger partial charge in [-0.3, -0.25) is 0 Å². The van der Waals surface area contributed by atoms with Crippen molar-refractivity contribution in [3.8, 4) is 5.75 Å². The van der Waals surface area contributed by atoms with Crippen LogP contribution in [0.3, 0.4) is 0 Å². The van der Waals surface area contributed by atoms with Crippen LogP contribution in [0, 0.1) is 6.92 Å². The number of piperidine rings is 1. The van der Waals surface area contributed by atoms with Crippen LogP contribution in [0.15, 0.2) is 48.0 Å².